The lowest BCUT2D eigenvalue weighted by Gasteiger charge is -2.04. The largest absolute Gasteiger partial charge is 0.392 e. The lowest BCUT2D eigenvalue weighted by atomic mass is 10.1. The van der Waals surface area contributed by atoms with Crippen molar-refractivity contribution < 1.29 is 16.5 Å². The predicted molar refractivity (Wildman–Crippen MR) is 73.6 cm³/mol. The van der Waals surface area contributed by atoms with Gasteiger partial charge in [-0.05, 0) is 24.1 Å². The summed E-state index contributed by atoms with van der Waals surface area (Å²) in [7, 11) is 0. The number of anilines is 1. The number of hydrogen-bond donors (Lipinski definition) is 4. The molecule has 0 unspecified atom stereocenters. The zero-order chi connectivity index (χ0) is 13.8. The van der Waals surface area contributed by atoms with Crippen LogP contribution >= 0.6 is 0 Å². The van der Waals surface area contributed by atoms with Crippen LogP contribution in [0.4, 0.5) is 5.69 Å². The molecule has 0 aliphatic heterocycles. The van der Waals surface area contributed by atoms with Crippen LogP contribution in [0.2, 0.25) is 0 Å². The number of benzene rings is 1. The number of carbonyl (C=O) groups is 1. The van der Waals surface area contributed by atoms with Crippen LogP contribution in [-0.4, -0.2) is 29.4 Å². The van der Waals surface area contributed by atoms with Gasteiger partial charge in [-0.2, -0.15) is 0 Å². The van der Waals surface area contributed by atoms with E-state index in [2.05, 4.69) is 17.4 Å². The normalized spacial score (nSPS) is 9.06. The lowest BCUT2D eigenvalue weighted by Crippen LogP contribution is -2.11. The first-order valence-corrected chi connectivity index (χ1v) is 5.59. The van der Waals surface area contributed by atoms with Gasteiger partial charge in [0.15, 0.2) is 0 Å². The van der Waals surface area contributed by atoms with Crippen LogP contribution in [0, 0.1) is 0 Å². The van der Waals surface area contributed by atoms with Crippen molar-refractivity contribution in [2.75, 3.05) is 18.5 Å². The minimum Gasteiger partial charge on any atom is -0.392 e. The van der Waals surface area contributed by atoms with Gasteiger partial charge in [0.2, 0.25) is 5.91 Å². The number of hydroxylamine groups is 1. The summed E-state index contributed by atoms with van der Waals surface area (Å²) in [6.45, 7) is 5.29. The molecule has 18 heavy (non-hydrogen) atoms. The second-order valence-electron chi connectivity index (χ2n) is 3.51. The van der Waals surface area contributed by atoms with Gasteiger partial charge in [0.1, 0.15) is 0 Å². The van der Waals surface area contributed by atoms with Gasteiger partial charge in [-0.25, -0.2) is 5.48 Å². The molecule has 0 saturated heterocycles. The summed E-state index contributed by atoms with van der Waals surface area (Å²) in [6.07, 6.45) is 2.16. The molecule has 102 valence electrons. The number of aliphatic hydroxyl groups excluding tert-OH is 1. The van der Waals surface area contributed by atoms with E-state index in [1.54, 1.807) is 0 Å². The highest BCUT2D eigenvalue weighted by atomic mass is 16.5. The third-order valence-electron chi connectivity index (χ3n) is 1.90. The maximum atomic E-state index is 10.8. The van der Waals surface area contributed by atoms with E-state index in [1.807, 2.05) is 24.3 Å². The van der Waals surface area contributed by atoms with Crippen molar-refractivity contribution in [2.45, 2.75) is 13.3 Å². The monoisotopic (exact) mass is 254 g/mol. The second-order valence-corrected chi connectivity index (χ2v) is 3.51. The molecule has 0 fully saturated rings. The van der Waals surface area contributed by atoms with E-state index in [9.17, 15) is 4.79 Å². The summed E-state index contributed by atoms with van der Waals surface area (Å²) in [6, 6.07) is 7.54. The van der Waals surface area contributed by atoms with E-state index in [-0.39, 0.29) is 13.9 Å². The molecule has 4 N–H and O–H groups in total. The minimum absolute atomic E-state index is 0. The molecule has 1 aromatic carbocycles. The molecule has 0 radical (unpaired) electrons. The first kappa shape index (κ1) is 16.3. The first-order chi connectivity index (χ1) is 8.63. The number of carbonyl (C=O) groups excluding carboxylic acids is 1. The van der Waals surface area contributed by atoms with Crippen molar-refractivity contribution in [3.63, 3.8) is 0 Å². The van der Waals surface area contributed by atoms with Gasteiger partial charge in [0, 0.05) is 20.6 Å². The van der Waals surface area contributed by atoms with E-state index < -0.39 is 0 Å². The molecule has 0 saturated carbocycles. The number of nitrogens with one attached hydrogen (secondary N) is 2. The summed E-state index contributed by atoms with van der Waals surface area (Å²) >= 11 is 0. The number of amides is 1. The van der Waals surface area contributed by atoms with Gasteiger partial charge in [-0.1, -0.05) is 18.2 Å². The van der Waals surface area contributed by atoms with Crippen LogP contribution in [0.1, 0.15) is 13.9 Å². The molecule has 0 aliphatic carbocycles. The van der Waals surface area contributed by atoms with E-state index in [0.29, 0.717) is 6.54 Å². The SMILES string of the molecule is C=CCO.CC(=O)Nc1cccc(CCNO)c1.[HH]. The lowest BCUT2D eigenvalue weighted by molar-refractivity contribution is -0.114. The molecular weight excluding hydrogens is 232 g/mol. The molecule has 0 atom stereocenters. The first-order valence-electron chi connectivity index (χ1n) is 5.59. The highest BCUT2D eigenvalue weighted by Crippen LogP contribution is 2.10. The Morgan fingerprint density at radius 2 is 2.22 bits per heavy atom. The maximum absolute atomic E-state index is 10.8. The fourth-order valence-corrected chi connectivity index (χ4v) is 1.21. The number of hydrogen-bond acceptors (Lipinski definition) is 4. The molecular formula is C13H22N2O3. The summed E-state index contributed by atoms with van der Waals surface area (Å²) in [5.41, 5.74) is 3.94. The van der Waals surface area contributed by atoms with Gasteiger partial charge in [-0.3, -0.25) is 4.79 Å². The van der Waals surface area contributed by atoms with Gasteiger partial charge < -0.3 is 15.6 Å². The highest BCUT2D eigenvalue weighted by Gasteiger charge is 1.97. The van der Waals surface area contributed by atoms with Crippen LogP contribution < -0.4 is 10.8 Å². The average Bonchev–Trinajstić information content (AvgIpc) is 2.36. The Balaban J connectivity index is 0. The molecule has 0 aromatic heterocycles. The topological polar surface area (TPSA) is 81.6 Å². The molecule has 0 aliphatic rings. The molecule has 5 heteroatoms. The Hall–Kier alpha value is -1.69. The summed E-state index contributed by atoms with van der Waals surface area (Å²) < 4.78 is 0. The van der Waals surface area contributed by atoms with Crippen LogP contribution in [0.15, 0.2) is 36.9 Å². The van der Waals surface area contributed by atoms with Crippen molar-refractivity contribution >= 4 is 11.6 Å². The van der Waals surface area contributed by atoms with Crippen molar-refractivity contribution in [1.82, 2.24) is 5.48 Å². The van der Waals surface area contributed by atoms with Gasteiger partial charge in [0.25, 0.3) is 0 Å². The highest BCUT2D eigenvalue weighted by molar-refractivity contribution is 5.88. The van der Waals surface area contributed by atoms with Gasteiger partial charge >= 0.3 is 0 Å². The van der Waals surface area contributed by atoms with Crippen LogP contribution in [-0.2, 0) is 11.2 Å². The smallest absolute Gasteiger partial charge is 0.221 e. The standard InChI is InChI=1S/C10H14N2O2.C3H6O.H2/c1-8(13)12-10-4-2-3-9(7-10)5-6-11-14;1-2-3-4;/h2-4,7,11,14H,5-6H2,1H3,(H,12,13);2,4H,1,3H2;1H. The molecule has 1 rings (SSSR count). The van der Waals surface area contributed by atoms with Crippen LogP contribution in [0.5, 0.6) is 0 Å². The Morgan fingerprint density at radius 1 is 1.56 bits per heavy atom. The second kappa shape index (κ2) is 10.5. The fourth-order valence-electron chi connectivity index (χ4n) is 1.21. The van der Waals surface area contributed by atoms with Crippen molar-refractivity contribution in [3.8, 4) is 0 Å². The minimum atomic E-state index is -0.0811. The summed E-state index contributed by atoms with van der Waals surface area (Å²) in [5, 5.41) is 18.9. The quantitative estimate of drug-likeness (QED) is 0.475. The van der Waals surface area contributed by atoms with E-state index >= 15 is 0 Å². The fraction of sp³-hybridized carbons (Fsp3) is 0.308. The molecule has 0 heterocycles. The van der Waals surface area contributed by atoms with Crippen LogP contribution in [0.3, 0.4) is 0 Å². The zero-order valence-corrected chi connectivity index (χ0v) is 10.5. The third-order valence-corrected chi connectivity index (χ3v) is 1.90. The Labute approximate surface area is 109 Å². The Kier molecular flexibility index (Phi) is 9.48. The van der Waals surface area contributed by atoms with Crippen LogP contribution in [0.25, 0.3) is 0 Å². The predicted octanol–water partition coefficient (Wildman–Crippen LogP) is 1.58. The van der Waals surface area contributed by atoms with Crippen molar-refractivity contribution in [1.29, 1.82) is 0 Å². The third kappa shape index (κ3) is 8.46. The summed E-state index contributed by atoms with van der Waals surface area (Å²) in [4.78, 5) is 10.8. The average molecular weight is 254 g/mol. The number of aliphatic hydroxyl groups is 1. The zero-order valence-electron chi connectivity index (χ0n) is 10.5. The van der Waals surface area contributed by atoms with E-state index in [1.165, 1.54) is 13.0 Å². The number of rotatable bonds is 5. The molecule has 1 amide bonds. The summed E-state index contributed by atoms with van der Waals surface area (Å²) in [5.74, 6) is -0.0811. The maximum Gasteiger partial charge on any atom is 0.221 e. The van der Waals surface area contributed by atoms with E-state index in [0.717, 1.165) is 17.7 Å². The van der Waals surface area contributed by atoms with Gasteiger partial charge in [-0.15, -0.1) is 6.58 Å². The Bertz CT molecular complexity index is 373. The Morgan fingerprint density at radius 3 is 2.72 bits per heavy atom. The molecule has 1 aromatic rings. The molecule has 0 bridgehead atoms. The van der Waals surface area contributed by atoms with Gasteiger partial charge in [0.05, 0.1) is 6.61 Å². The van der Waals surface area contributed by atoms with E-state index in [4.69, 9.17) is 10.3 Å². The molecule has 0 spiro atoms. The van der Waals surface area contributed by atoms with Crippen molar-refractivity contribution in [3.05, 3.63) is 42.5 Å². The molecule has 5 nitrogen and oxygen atoms in total. The van der Waals surface area contributed by atoms with Crippen molar-refractivity contribution in [2.24, 2.45) is 0 Å².